The highest BCUT2D eigenvalue weighted by Crippen LogP contribution is 2.38. The van der Waals surface area contributed by atoms with Crippen molar-refractivity contribution in [1.29, 1.82) is 0 Å². The summed E-state index contributed by atoms with van der Waals surface area (Å²) in [6.07, 6.45) is 3.25. The topological polar surface area (TPSA) is 73.4 Å². The SMILES string of the molecule is COc1cccc(C2(NS(=O)[O-])CCC(NCc3ccc(-c4ccccc4)cc3)CC2)c1. The van der Waals surface area contributed by atoms with E-state index in [0.29, 0.717) is 6.04 Å². The van der Waals surface area contributed by atoms with Crippen molar-refractivity contribution >= 4 is 11.3 Å². The molecule has 0 saturated heterocycles. The van der Waals surface area contributed by atoms with Gasteiger partial charge in [-0.2, -0.15) is 0 Å². The van der Waals surface area contributed by atoms with Gasteiger partial charge >= 0.3 is 0 Å². The van der Waals surface area contributed by atoms with Crippen LogP contribution in [0.25, 0.3) is 11.1 Å². The first-order valence-electron chi connectivity index (χ1n) is 11.0. The first-order valence-corrected chi connectivity index (χ1v) is 12.0. The summed E-state index contributed by atoms with van der Waals surface area (Å²) in [6.45, 7) is 0.798. The number of ether oxygens (including phenoxy) is 1. The number of hydrogen-bond acceptors (Lipinski definition) is 4. The van der Waals surface area contributed by atoms with Gasteiger partial charge in [0.15, 0.2) is 0 Å². The lowest BCUT2D eigenvalue weighted by atomic mass is 9.75. The van der Waals surface area contributed by atoms with E-state index in [9.17, 15) is 8.76 Å². The van der Waals surface area contributed by atoms with Gasteiger partial charge in [-0.05, 0) is 60.1 Å². The molecule has 1 aliphatic rings. The number of rotatable bonds is 8. The third kappa shape index (κ3) is 5.45. The molecular formula is C26H29N2O3S-. The molecule has 3 aromatic carbocycles. The Morgan fingerprint density at radius 1 is 0.969 bits per heavy atom. The molecule has 0 amide bonds. The molecule has 1 atom stereocenters. The molecule has 1 unspecified atom stereocenters. The lowest BCUT2D eigenvalue weighted by Gasteiger charge is -2.42. The number of nitrogens with one attached hydrogen (secondary N) is 2. The Morgan fingerprint density at radius 3 is 2.31 bits per heavy atom. The van der Waals surface area contributed by atoms with Crippen LogP contribution in [0.5, 0.6) is 5.75 Å². The van der Waals surface area contributed by atoms with Gasteiger partial charge in [0.05, 0.1) is 12.6 Å². The highest BCUT2D eigenvalue weighted by molar-refractivity contribution is 7.77. The molecule has 0 aromatic heterocycles. The van der Waals surface area contributed by atoms with Crippen molar-refractivity contribution < 1.29 is 13.5 Å². The normalized spacial score (nSPS) is 21.8. The molecule has 32 heavy (non-hydrogen) atoms. The first kappa shape index (κ1) is 22.7. The maximum Gasteiger partial charge on any atom is 0.119 e. The van der Waals surface area contributed by atoms with Crippen LogP contribution in [0.2, 0.25) is 0 Å². The predicted octanol–water partition coefficient (Wildman–Crippen LogP) is 4.67. The van der Waals surface area contributed by atoms with Gasteiger partial charge < -0.3 is 14.6 Å². The highest BCUT2D eigenvalue weighted by atomic mass is 32.2. The Kier molecular flexibility index (Phi) is 7.37. The minimum absolute atomic E-state index is 0.351. The smallest absolute Gasteiger partial charge is 0.119 e. The second-order valence-electron chi connectivity index (χ2n) is 8.37. The number of methoxy groups -OCH3 is 1. The molecule has 1 saturated carbocycles. The third-order valence-electron chi connectivity index (χ3n) is 6.40. The van der Waals surface area contributed by atoms with Gasteiger partial charge in [-0.1, -0.05) is 66.7 Å². The van der Waals surface area contributed by atoms with Crippen molar-refractivity contribution in [1.82, 2.24) is 10.0 Å². The molecule has 3 aromatic rings. The molecule has 1 fully saturated rings. The molecule has 0 aliphatic heterocycles. The van der Waals surface area contributed by atoms with Gasteiger partial charge in [0.2, 0.25) is 0 Å². The molecule has 5 nitrogen and oxygen atoms in total. The standard InChI is InChI=1S/C26H30N2O3S/c1-31-25-9-5-8-23(18-25)26(28-32(29)30)16-14-24(15-17-26)27-19-20-10-12-22(13-11-20)21-6-3-2-4-7-21/h2-13,18,24,27-28H,14-17,19H2,1H3,(H,29,30)/p-1. The van der Waals surface area contributed by atoms with Crippen molar-refractivity contribution in [3.8, 4) is 16.9 Å². The zero-order chi connectivity index (χ0) is 22.4. The minimum Gasteiger partial charge on any atom is -0.760 e. The molecule has 0 bridgehead atoms. The van der Waals surface area contributed by atoms with E-state index < -0.39 is 16.8 Å². The maximum atomic E-state index is 11.6. The second kappa shape index (κ2) is 10.4. The Bertz CT molecular complexity index is 1030. The number of benzene rings is 3. The summed E-state index contributed by atoms with van der Waals surface area (Å²) in [5.74, 6) is 0.736. The zero-order valence-electron chi connectivity index (χ0n) is 18.3. The average Bonchev–Trinajstić information content (AvgIpc) is 2.84. The van der Waals surface area contributed by atoms with E-state index in [2.05, 4.69) is 58.6 Å². The quantitative estimate of drug-likeness (QED) is 0.490. The zero-order valence-corrected chi connectivity index (χ0v) is 19.1. The fraction of sp³-hybridized carbons (Fsp3) is 0.308. The van der Waals surface area contributed by atoms with E-state index in [-0.39, 0.29) is 0 Å². The van der Waals surface area contributed by atoms with E-state index in [4.69, 9.17) is 4.74 Å². The fourth-order valence-electron chi connectivity index (χ4n) is 4.55. The Morgan fingerprint density at radius 2 is 1.66 bits per heavy atom. The van der Waals surface area contributed by atoms with E-state index in [1.54, 1.807) is 7.11 Å². The molecule has 4 rings (SSSR count). The Hall–Kier alpha value is -2.51. The Labute approximate surface area is 192 Å². The third-order valence-corrected chi connectivity index (χ3v) is 6.95. The van der Waals surface area contributed by atoms with E-state index in [0.717, 1.165) is 43.5 Å². The molecule has 2 N–H and O–H groups in total. The lowest BCUT2D eigenvalue weighted by molar-refractivity contribution is 0.228. The van der Waals surface area contributed by atoms with E-state index in [1.165, 1.54) is 16.7 Å². The van der Waals surface area contributed by atoms with E-state index in [1.807, 2.05) is 30.3 Å². The number of hydrogen-bond donors (Lipinski definition) is 2. The van der Waals surface area contributed by atoms with Gasteiger partial charge in [-0.3, -0.25) is 4.21 Å². The second-order valence-corrected chi connectivity index (χ2v) is 9.04. The molecule has 1 aliphatic carbocycles. The summed E-state index contributed by atoms with van der Waals surface area (Å²) in [6, 6.07) is 27.1. The monoisotopic (exact) mass is 449 g/mol. The van der Waals surface area contributed by atoms with Crippen LogP contribution >= 0.6 is 0 Å². The van der Waals surface area contributed by atoms with Crippen LogP contribution < -0.4 is 14.8 Å². The van der Waals surface area contributed by atoms with Gasteiger partial charge in [-0.25, -0.2) is 4.72 Å². The van der Waals surface area contributed by atoms with Crippen LogP contribution in [0.3, 0.4) is 0 Å². The Balaban J connectivity index is 1.37. The van der Waals surface area contributed by atoms with Crippen molar-refractivity contribution in [3.05, 3.63) is 90.0 Å². The summed E-state index contributed by atoms with van der Waals surface area (Å²) in [5, 5.41) is 3.66. The van der Waals surface area contributed by atoms with Crippen LogP contribution in [0.4, 0.5) is 0 Å². The van der Waals surface area contributed by atoms with Crippen LogP contribution in [0.15, 0.2) is 78.9 Å². The van der Waals surface area contributed by atoms with Crippen molar-refractivity contribution in [2.75, 3.05) is 7.11 Å². The first-order chi connectivity index (χ1) is 15.6. The summed E-state index contributed by atoms with van der Waals surface area (Å²) in [5.41, 5.74) is 4.05. The van der Waals surface area contributed by atoms with Crippen molar-refractivity contribution in [2.24, 2.45) is 0 Å². The molecular weight excluding hydrogens is 420 g/mol. The van der Waals surface area contributed by atoms with Gasteiger partial charge in [-0.15, -0.1) is 0 Å². The highest BCUT2D eigenvalue weighted by Gasteiger charge is 2.37. The predicted molar refractivity (Wildman–Crippen MR) is 128 cm³/mol. The van der Waals surface area contributed by atoms with Crippen molar-refractivity contribution in [3.63, 3.8) is 0 Å². The van der Waals surface area contributed by atoms with Crippen molar-refractivity contribution in [2.45, 2.75) is 43.8 Å². The molecule has 168 valence electrons. The summed E-state index contributed by atoms with van der Waals surface area (Å²) >= 11 is -2.34. The van der Waals surface area contributed by atoms with Gasteiger partial charge in [0.1, 0.15) is 5.75 Å². The fourth-order valence-corrected chi connectivity index (χ4v) is 5.19. The lowest BCUT2D eigenvalue weighted by Crippen LogP contribution is -2.48. The summed E-state index contributed by atoms with van der Waals surface area (Å²) in [4.78, 5) is 0. The van der Waals surface area contributed by atoms with Crippen LogP contribution in [-0.4, -0.2) is 21.9 Å². The van der Waals surface area contributed by atoms with Gasteiger partial charge in [0, 0.05) is 23.9 Å². The molecule has 0 spiro atoms. The van der Waals surface area contributed by atoms with Gasteiger partial charge in [0.25, 0.3) is 0 Å². The molecule has 0 radical (unpaired) electrons. The average molecular weight is 450 g/mol. The molecule has 0 heterocycles. The van der Waals surface area contributed by atoms with E-state index >= 15 is 0 Å². The van der Waals surface area contributed by atoms with Crippen LogP contribution in [-0.2, 0) is 23.4 Å². The summed E-state index contributed by atoms with van der Waals surface area (Å²) < 4.78 is 31.3. The van der Waals surface area contributed by atoms with Crippen LogP contribution in [0.1, 0.15) is 36.8 Å². The largest absolute Gasteiger partial charge is 0.760 e. The minimum atomic E-state index is -2.34. The summed E-state index contributed by atoms with van der Waals surface area (Å²) in [7, 11) is 1.62. The molecule has 6 heteroatoms. The maximum absolute atomic E-state index is 11.6. The van der Waals surface area contributed by atoms with Crippen LogP contribution in [0, 0.1) is 0 Å².